The number of allylic oxidation sites excluding steroid dienone is 2. The van der Waals surface area contributed by atoms with Crippen LogP contribution in [-0.4, -0.2) is 18.9 Å². The third kappa shape index (κ3) is 1.49. The molecule has 0 aromatic carbocycles. The Morgan fingerprint density at radius 1 is 1.50 bits per heavy atom. The number of carbonyl (C=O) groups excluding carboxylic acids is 2. The lowest BCUT2D eigenvalue weighted by atomic mass is 9.72. The molecule has 0 N–H and O–H groups in total. The Morgan fingerprint density at radius 3 is 2.81 bits per heavy atom. The Morgan fingerprint density at radius 2 is 2.19 bits per heavy atom. The fourth-order valence-electron chi connectivity index (χ4n) is 3.11. The highest BCUT2D eigenvalue weighted by Crippen LogP contribution is 2.53. The average molecular weight is 222 g/mol. The largest absolute Gasteiger partial charge is 0.469 e. The van der Waals surface area contributed by atoms with Crippen LogP contribution in [0.25, 0.3) is 0 Å². The molecule has 3 heteroatoms. The van der Waals surface area contributed by atoms with Crippen molar-refractivity contribution in [2.45, 2.75) is 39.5 Å². The molecule has 0 bridgehead atoms. The molecule has 2 aliphatic rings. The van der Waals surface area contributed by atoms with Gasteiger partial charge in [-0.1, -0.05) is 19.4 Å². The molecule has 3 nitrogen and oxygen atoms in total. The SMILES string of the molecule is COC(=O)C[C@@]1(C)C2=C(CCC2=O)C[C@H]1C. The number of rotatable bonds is 2. The van der Waals surface area contributed by atoms with E-state index in [0.29, 0.717) is 18.8 Å². The van der Waals surface area contributed by atoms with Crippen LogP contribution in [0.2, 0.25) is 0 Å². The summed E-state index contributed by atoms with van der Waals surface area (Å²) < 4.78 is 4.74. The number of carbonyl (C=O) groups is 2. The van der Waals surface area contributed by atoms with Gasteiger partial charge in [0.2, 0.25) is 0 Å². The van der Waals surface area contributed by atoms with Crippen LogP contribution in [0.15, 0.2) is 11.1 Å². The maximum atomic E-state index is 11.9. The number of methoxy groups -OCH3 is 1. The predicted molar refractivity (Wildman–Crippen MR) is 59.8 cm³/mol. The number of hydrogen-bond acceptors (Lipinski definition) is 3. The molecule has 0 unspecified atom stereocenters. The van der Waals surface area contributed by atoms with Crippen LogP contribution in [0.5, 0.6) is 0 Å². The summed E-state index contributed by atoms with van der Waals surface area (Å²) in [6.45, 7) is 4.15. The van der Waals surface area contributed by atoms with E-state index in [2.05, 4.69) is 6.92 Å². The van der Waals surface area contributed by atoms with Crippen LogP contribution < -0.4 is 0 Å². The maximum absolute atomic E-state index is 11.9. The molecule has 0 aliphatic heterocycles. The Bertz CT molecular complexity index is 381. The smallest absolute Gasteiger partial charge is 0.306 e. The minimum Gasteiger partial charge on any atom is -0.469 e. The standard InChI is InChI=1S/C13H18O3/c1-8-6-9-4-5-10(14)12(9)13(8,2)7-11(15)16-3/h8H,4-7H2,1-3H3/t8-,13-/m1/s1. The van der Waals surface area contributed by atoms with Gasteiger partial charge in [-0.25, -0.2) is 0 Å². The van der Waals surface area contributed by atoms with E-state index in [4.69, 9.17) is 4.74 Å². The van der Waals surface area contributed by atoms with E-state index in [0.717, 1.165) is 18.4 Å². The Labute approximate surface area is 95.9 Å². The van der Waals surface area contributed by atoms with Gasteiger partial charge >= 0.3 is 5.97 Å². The molecular formula is C13H18O3. The summed E-state index contributed by atoms with van der Waals surface area (Å²) in [7, 11) is 1.40. The lowest BCUT2D eigenvalue weighted by molar-refractivity contribution is -0.143. The van der Waals surface area contributed by atoms with Crippen LogP contribution >= 0.6 is 0 Å². The van der Waals surface area contributed by atoms with E-state index in [1.807, 2.05) is 6.92 Å². The van der Waals surface area contributed by atoms with Crippen LogP contribution in [0.3, 0.4) is 0 Å². The molecule has 0 fully saturated rings. The van der Waals surface area contributed by atoms with Crippen molar-refractivity contribution in [3.05, 3.63) is 11.1 Å². The van der Waals surface area contributed by atoms with Crippen LogP contribution in [0, 0.1) is 11.3 Å². The number of ether oxygens (including phenoxy) is 1. The molecule has 16 heavy (non-hydrogen) atoms. The van der Waals surface area contributed by atoms with Gasteiger partial charge in [-0.2, -0.15) is 0 Å². The minimum atomic E-state index is -0.296. The molecule has 0 saturated heterocycles. The van der Waals surface area contributed by atoms with Crippen molar-refractivity contribution in [1.82, 2.24) is 0 Å². The van der Waals surface area contributed by atoms with Crippen molar-refractivity contribution in [1.29, 1.82) is 0 Å². The second-order valence-electron chi connectivity index (χ2n) is 5.18. The molecule has 2 atom stereocenters. The lowest BCUT2D eigenvalue weighted by Gasteiger charge is -2.30. The third-order valence-corrected chi connectivity index (χ3v) is 4.24. The van der Waals surface area contributed by atoms with E-state index < -0.39 is 0 Å². The van der Waals surface area contributed by atoms with Gasteiger partial charge in [0, 0.05) is 17.4 Å². The zero-order valence-electron chi connectivity index (χ0n) is 10.1. The second-order valence-corrected chi connectivity index (χ2v) is 5.18. The Balaban J connectivity index is 2.31. The molecule has 0 aromatic rings. The van der Waals surface area contributed by atoms with Gasteiger partial charge in [-0.05, 0) is 18.8 Å². The fourth-order valence-corrected chi connectivity index (χ4v) is 3.11. The molecule has 0 radical (unpaired) electrons. The maximum Gasteiger partial charge on any atom is 0.306 e. The molecule has 0 amide bonds. The Kier molecular flexibility index (Phi) is 2.64. The van der Waals surface area contributed by atoms with Crippen molar-refractivity contribution in [2.24, 2.45) is 11.3 Å². The van der Waals surface area contributed by atoms with E-state index in [1.54, 1.807) is 0 Å². The van der Waals surface area contributed by atoms with Gasteiger partial charge in [0.05, 0.1) is 13.5 Å². The summed E-state index contributed by atoms with van der Waals surface area (Å²) >= 11 is 0. The first-order valence-corrected chi connectivity index (χ1v) is 5.81. The number of hydrogen-bond donors (Lipinski definition) is 0. The summed E-state index contributed by atoms with van der Waals surface area (Å²) in [6.07, 6.45) is 2.83. The highest BCUT2D eigenvalue weighted by atomic mass is 16.5. The van der Waals surface area contributed by atoms with Crippen LogP contribution in [0.1, 0.15) is 39.5 Å². The van der Waals surface area contributed by atoms with Gasteiger partial charge in [-0.15, -0.1) is 0 Å². The summed E-state index contributed by atoms with van der Waals surface area (Å²) in [5.74, 6) is 0.384. The zero-order chi connectivity index (χ0) is 11.9. The first kappa shape index (κ1) is 11.4. The van der Waals surface area contributed by atoms with Crippen molar-refractivity contribution >= 4 is 11.8 Å². The van der Waals surface area contributed by atoms with Gasteiger partial charge in [0.15, 0.2) is 5.78 Å². The molecule has 0 aromatic heterocycles. The Hall–Kier alpha value is -1.12. The van der Waals surface area contributed by atoms with Gasteiger partial charge < -0.3 is 4.74 Å². The highest BCUT2D eigenvalue weighted by Gasteiger charge is 2.48. The molecule has 0 saturated carbocycles. The summed E-state index contributed by atoms with van der Waals surface area (Å²) in [6, 6.07) is 0. The van der Waals surface area contributed by atoms with E-state index in [9.17, 15) is 9.59 Å². The molecule has 2 rings (SSSR count). The number of Topliss-reactive ketones (excluding diaryl/α,β-unsaturated/α-hetero) is 1. The fraction of sp³-hybridized carbons (Fsp3) is 0.692. The minimum absolute atomic E-state index is 0.220. The second kappa shape index (κ2) is 3.72. The van der Waals surface area contributed by atoms with E-state index >= 15 is 0 Å². The quantitative estimate of drug-likeness (QED) is 0.673. The zero-order valence-corrected chi connectivity index (χ0v) is 10.1. The van der Waals surface area contributed by atoms with Gasteiger partial charge in [-0.3, -0.25) is 9.59 Å². The van der Waals surface area contributed by atoms with Crippen molar-refractivity contribution in [2.75, 3.05) is 7.11 Å². The van der Waals surface area contributed by atoms with E-state index in [-0.39, 0.29) is 17.2 Å². The van der Waals surface area contributed by atoms with E-state index in [1.165, 1.54) is 12.7 Å². The third-order valence-electron chi connectivity index (χ3n) is 4.24. The summed E-state index contributed by atoms with van der Waals surface area (Å²) in [4.78, 5) is 23.3. The van der Waals surface area contributed by atoms with Crippen LogP contribution in [-0.2, 0) is 14.3 Å². The van der Waals surface area contributed by atoms with Crippen molar-refractivity contribution in [3.63, 3.8) is 0 Å². The average Bonchev–Trinajstić information content (AvgIpc) is 2.69. The van der Waals surface area contributed by atoms with Crippen molar-refractivity contribution < 1.29 is 14.3 Å². The van der Waals surface area contributed by atoms with Gasteiger partial charge in [0.1, 0.15) is 0 Å². The molecule has 0 heterocycles. The lowest BCUT2D eigenvalue weighted by Crippen LogP contribution is -2.30. The first-order chi connectivity index (χ1) is 7.49. The highest BCUT2D eigenvalue weighted by molar-refractivity contribution is 6.01. The van der Waals surface area contributed by atoms with Crippen molar-refractivity contribution in [3.8, 4) is 0 Å². The molecular weight excluding hydrogens is 204 g/mol. The van der Waals surface area contributed by atoms with Crippen LogP contribution in [0.4, 0.5) is 0 Å². The summed E-state index contributed by atoms with van der Waals surface area (Å²) in [5.41, 5.74) is 1.92. The molecule has 88 valence electrons. The molecule has 2 aliphatic carbocycles. The first-order valence-electron chi connectivity index (χ1n) is 5.81. The predicted octanol–water partition coefficient (Wildman–Crippen LogP) is 2.26. The summed E-state index contributed by atoms with van der Waals surface area (Å²) in [5, 5.41) is 0. The number of ketones is 1. The number of esters is 1. The molecule has 0 spiro atoms. The topological polar surface area (TPSA) is 43.4 Å². The monoisotopic (exact) mass is 222 g/mol. The van der Waals surface area contributed by atoms with Gasteiger partial charge in [0.25, 0.3) is 0 Å². The normalized spacial score (nSPS) is 33.2.